The summed E-state index contributed by atoms with van der Waals surface area (Å²) in [6.07, 6.45) is 3.58. The van der Waals surface area contributed by atoms with Crippen LogP contribution < -0.4 is 5.32 Å². The van der Waals surface area contributed by atoms with Gasteiger partial charge in [-0.2, -0.15) is 0 Å². The molecule has 0 unspecified atom stereocenters. The highest BCUT2D eigenvalue weighted by Crippen LogP contribution is 2.29. The van der Waals surface area contributed by atoms with Crippen LogP contribution in [0.3, 0.4) is 0 Å². The Morgan fingerprint density at radius 3 is 2.86 bits per heavy atom. The zero-order chi connectivity index (χ0) is 15.0. The van der Waals surface area contributed by atoms with Crippen molar-refractivity contribution < 1.29 is 4.79 Å². The van der Waals surface area contributed by atoms with E-state index in [-0.39, 0.29) is 5.91 Å². The third kappa shape index (κ3) is 2.82. The number of benzene rings is 1. The third-order valence-electron chi connectivity index (χ3n) is 5.04. The molecule has 0 saturated heterocycles. The van der Waals surface area contributed by atoms with Crippen LogP contribution in [0.25, 0.3) is 10.9 Å². The molecule has 21 heavy (non-hydrogen) atoms. The van der Waals surface area contributed by atoms with E-state index in [0.29, 0.717) is 23.6 Å². The molecule has 1 aliphatic rings. The summed E-state index contributed by atoms with van der Waals surface area (Å²) >= 11 is 0. The summed E-state index contributed by atoms with van der Waals surface area (Å²) in [4.78, 5) is 15.7. The molecule has 1 heterocycles. The summed E-state index contributed by atoms with van der Waals surface area (Å²) in [7, 11) is 0. The van der Waals surface area contributed by atoms with Crippen molar-refractivity contribution in [2.45, 2.75) is 46.1 Å². The fourth-order valence-electron chi connectivity index (χ4n) is 3.41. The van der Waals surface area contributed by atoms with Gasteiger partial charge >= 0.3 is 0 Å². The molecule has 1 aromatic carbocycles. The second-order valence-electron chi connectivity index (χ2n) is 6.62. The van der Waals surface area contributed by atoms with Crippen LogP contribution in [0, 0.1) is 18.8 Å². The van der Waals surface area contributed by atoms with Crippen molar-refractivity contribution in [3.8, 4) is 0 Å². The molecule has 1 saturated carbocycles. The van der Waals surface area contributed by atoms with Crippen LogP contribution in [-0.2, 0) is 0 Å². The second-order valence-corrected chi connectivity index (χ2v) is 6.62. The van der Waals surface area contributed by atoms with Crippen LogP contribution in [0.1, 0.15) is 49.2 Å². The first-order chi connectivity index (χ1) is 10.0. The minimum Gasteiger partial charge on any atom is -0.351 e. The number of rotatable bonds is 2. The smallest absolute Gasteiger partial charge is 0.267 e. The van der Waals surface area contributed by atoms with Gasteiger partial charge in [0.25, 0.3) is 5.91 Å². The van der Waals surface area contributed by atoms with E-state index >= 15 is 0 Å². The van der Waals surface area contributed by atoms with Gasteiger partial charge in [-0.05, 0) is 43.4 Å². The minimum absolute atomic E-state index is 0.0230. The Bertz CT molecular complexity index is 658. The number of nitrogens with one attached hydrogen (secondary N) is 2. The SMILES string of the molecule is Cc1ccc2[nH]c(C(=O)N[C@H]3CCC[C@@H](C)[C@H]3C)cc2c1. The number of aromatic nitrogens is 1. The molecular formula is C18H24N2O. The number of fused-ring (bicyclic) bond motifs is 1. The van der Waals surface area contributed by atoms with Gasteiger partial charge < -0.3 is 10.3 Å². The summed E-state index contributed by atoms with van der Waals surface area (Å²) in [5.74, 6) is 1.26. The van der Waals surface area contributed by atoms with Crippen LogP contribution in [-0.4, -0.2) is 16.9 Å². The molecule has 3 heteroatoms. The molecule has 3 rings (SSSR count). The number of aryl methyl sites for hydroxylation is 1. The normalized spacial score (nSPS) is 26.0. The maximum atomic E-state index is 12.5. The van der Waals surface area contributed by atoms with Gasteiger partial charge in [-0.3, -0.25) is 4.79 Å². The number of carbonyl (C=O) groups is 1. The Labute approximate surface area is 126 Å². The monoisotopic (exact) mass is 284 g/mol. The third-order valence-corrected chi connectivity index (χ3v) is 5.04. The number of hydrogen-bond acceptors (Lipinski definition) is 1. The molecule has 1 amide bonds. The first-order valence-corrected chi connectivity index (χ1v) is 7.95. The summed E-state index contributed by atoms with van der Waals surface area (Å²) in [5, 5.41) is 4.32. The Hall–Kier alpha value is -1.77. The zero-order valence-electron chi connectivity index (χ0n) is 13.1. The molecule has 1 fully saturated rings. The first kappa shape index (κ1) is 14.2. The van der Waals surface area contributed by atoms with Gasteiger partial charge in [0.2, 0.25) is 0 Å². The molecule has 2 N–H and O–H groups in total. The number of H-pyrrole nitrogens is 1. The minimum atomic E-state index is 0.0230. The predicted octanol–water partition coefficient (Wildman–Crippen LogP) is 4.03. The highest BCUT2D eigenvalue weighted by atomic mass is 16.1. The highest BCUT2D eigenvalue weighted by Gasteiger charge is 2.28. The van der Waals surface area contributed by atoms with Crippen molar-refractivity contribution in [1.82, 2.24) is 10.3 Å². The quantitative estimate of drug-likeness (QED) is 0.859. The Balaban J connectivity index is 1.77. The molecule has 2 aromatic rings. The van der Waals surface area contributed by atoms with Gasteiger partial charge in [0.15, 0.2) is 0 Å². The van der Waals surface area contributed by atoms with Gasteiger partial charge in [0.05, 0.1) is 0 Å². The first-order valence-electron chi connectivity index (χ1n) is 7.95. The van der Waals surface area contributed by atoms with Crippen LogP contribution in [0.2, 0.25) is 0 Å². The van der Waals surface area contributed by atoms with Gasteiger partial charge in [-0.1, -0.05) is 38.3 Å². The van der Waals surface area contributed by atoms with E-state index in [1.165, 1.54) is 18.4 Å². The maximum Gasteiger partial charge on any atom is 0.267 e. The lowest BCUT2D eigenvalue weighted by Crippen LogP contribution is -2.43. The lowest BCUT2D eigenvalue weighted by Gasteiger charge is -2.34. The molecule has 3 atom stereocenters. The van der Waals surface area contributed by atoms with E-state index in [1.807, 2.05) is 12.1 Å². The van der Waals surface area contributed by atoms with E-state index in [9.17, 15) is 4.79 Å². The molecule has 0 bridgehead atoms. The number of hydrogen-bond donors (Lipinski definition) is 2. The van der Waals surface area contributed by atoms with Gasteiger partial charge in [-0.15, -0.1) is 0 Å². The van der Waals surface area contributed by atoms with E-state index in [4.69, 9.17) is 0 Å². The lowest BCUT2D eigenvalue weighted by molar-refractivity contribution is 0.0887. The van der Waals surface area contributed by atoms with E-state index < -0.39 is 0 Å². The molecule has 0 spiro atoms. The predicted molar refractivity (Wildman–Crippen MR) is 86.5 cm³/mol. The summed E-state index contributed by atoms with van der Waals surface area (Å²) < 4.78 is 0. The fraction of sp³-hybridized carbons (Fsp3) is 0.500. The van der Waals surface area contributed by atoms with Crippen molar-refractivity contribution in [2.24, 2.45) is 11.8 Å². The number of amides is 1. The van der Waals surface area contributed by atoms with Crippen LogP contribution in [0.15, 0.2) is 24.3 Å². The van der Waals surface area contributed by atoms with Crippen molar-refractivity contribution >= 4 is 16.8 Å². The second kappa shape index (κ2) is 5.55. The maximum absolute atomic E-state index is 12.5. The highest BCUT2D eigenvalue weighted by molar-refractivity contribution is 5.98. The summed E-state index contributed by atoms with van der Waals surface area (Å²) in [6, 6.07) is 8.45. The standard InChI is InChI=1S/C18H24N2O/c1-11-7-8-16-14(9-11)10-17(19-16)18(21)20-15-6-4-5-12(2)13(15)3/h7-10,12-13,15,19H,4-6H2,1-3H3,(H,20,21)/t12-,13-,15+/m1/s1. The van der Waals surface area contributed by atoms with Crippen molar-refractivity contribution in [3.05, 3.63) is 35.5 Å². The largest absolute Gasteiger partial charge is 0.351 e. The Kier molecular flexibility index (Phi) is 3.75. The average molecular weight is 284 g/mol. The molecule has 1 aliphatic carbocycles. The molecule has 0 aliphatic heterocycles. The molecule has 0 radical (unpaired) electrons. The van der Waals surface area contributed by atoms with Crippen molar-refractivity contribution in [3.63, 3.8) is 0 Å². The number of carbonyl (C=O) groups excluding carboxylic acids is 1. The van der Waals surface area contributed by atoms with E-state index in [1.54, 1.807) is 0 Å². The summed E-state index contributed by atoms with van der Waals surface area (Å²) in [6.45, 7) is 6.61. The Morgan fingerprint density at radius 2 is 2.05 bits per heavy atom. The topological polar surface area (TPSA) is 44.9 Å². The molecular weight excluding hydrogens is 260 g/mol. The molecule has 112 valence electrons. The van der Waals surface area contributed by atoms with Gasteiger partial charge in [0, 0.05) is 16.9 Å². The molecule has 3 nitrogen and oxygen atoms in total. The van der Waals surface area contributed by atoms with Gasteiger partial charge in [0.1, 0.15) is 5.69 Å². The Morgan fingerprint density at radius 1 is 1.24 bits per heavy atom. The van der Waals surface area contributed by atoms with Crippen molar-refractivity contribution in [2.75, 3.05) is 0 Å². The lowest BCUT2D eigenvalue weighted by atomic mass is 9.78. The number of aromatic amines is 1. The average Bonchev–Trinajstić information content (AvgIpc) is 2.87. The fourth-order valence-corrected chi connectivity index (χ4v) is 3.41. The van der Waals surface area contributed by atoms with Crippen molar-refractivity contribution in [1.29, 1.82) is 0 Å². The van der Waals surface area contributed by atoms with Crippen LogP contribution >= 0.6 is 0 Å². The molecule has 1 aromatic heterocycles. The van der Waals surface area contributed by atoms with E-state index in [2.05, 4.69) is 43.2 Å². The summed E-state index contributed by atoms with van der Waals surface area (Å²) in [5.41, 5.74) is 2.90. The van der Waals surface area contributed by atoms with Crippen LogP contribution in [0.5, 0.6) is 0 Å². The van der Waals surface area contributed by atoms with E-state index in [0.717, 1.165) is 17.3 Å². The zero-order valence-corrected chi connectivity index (χ0v) is 13.1. The van der Waals surface area contributed by atoms with Gasteiger partial charge in [-0.25, -0.2) is 0 Å². The van der Waals surface area contributed by atoms with Crippen LogP contribution in [0.4, 0.5) is 0 Å².